The maximum absolute atomic E-state index is 10.4. The molecule has 0 saturated carbocycles. The number of thioether (sulfide) groups is 1. The Bertz CT molecular complexity index is 392. The van der Waals surface area contributed by atoms with Gasteiger partial charge in [-0.05, 0) is 17.7 Å². The monoisotopic (exact) mass is 276 g/mol. The number of benzene rings is 1. The van der Waals surface area contributed by atoms with Crippen LogP contribution in [0, 0.1) is 0 Å². The molecular formula is C10H9ClO3S2. The van der Waals surface area contributed by atoms with Crippen molar-refractivity contribution in [1.29, 1.82) is 0 Å². The van der Waals surface area contributed by atoms with Crippen LogP contribution in [0.3, 0.4) is 0 Å². The van der Waals surface area contributed by atoms with Crippen molar-refractivity contribution < 1.29 is 15.0 Å². The van der Waals surface area contributed by atoms with Gasteiger partial charge in [-0.25, -0.2) is 4.79 Å². The summed E-state index contributed by atoms with van der Waals surface area (Å²) in [7, 11) is 0. The molecule has 16 heavy (non-hydrogen) atoms. The molecule has 0 spiro atoms. The van der Waals surface area contributed by atoms with Gasteiger partial charge < -0.3 is 10.2 Å². The lowest BCUT2D eigenvalue weighted by molar-refractivity contribution is -0.141. The summed E-state index contributed by atoms with van der Waals surface area (Å²) in [6, 6.07) is 7.08. The first-order chi connectivity index (χ1) is 7.49. The SMILES string of the molecule is O=C(O)C(O)SC(=S)Cc1ccc(Cl)cc1. The fourth-order valence-corrected chi connectivity index (χ4v) is 2.15. The highest BCUT2D eigenvalue weighted by Crippen LogP contribution is 2.17. The second kappa shape index (κ2) is 6.20. The van der Waals surface area contributed by atoms with E-state index in [2.05, 4.69) is 0 Å². The Morgan fingerprint density at radius 3 is 2.50 bits per heavy atom. The third-order valence-corrected chi connectivity index (χ3v) is 3.23. The zero-order valence-electron chi connectivity index (χ0n) is 8.09. The van der Waals surface area contributed by atoms with Gasteiger partial charge in [-0.1, -0.05) is 47.7 Å². The Morgan fingerprint density at radius 2 is 2.00 bits per heavy atom. The topological polar surface area (TPSA) is 57.5 Å². The molecule has 0 heterocycles. The van der Waals surface area contributed by atoms with Crippen LogP contribution in [-0.2, 0) is 11.2 Å². The van der Waals surface area contributed by atoms with E-state index in [1.54, 1.807) is 12.1 Å². The maximum atomic E-state index is 10.4. The summed E-state index contributed by atoms with van der Waals surface area (Å²) in [5.74, 6) is -1.29. The summed E-state index contributed by atoms with van der Waals surface area (Å²) in [5, 5.41) is 18.2. The maximum Gasteiger partial charge on any atom is 0.343 e. The van der Waals surface area contributed by atoms with Crippen LogP contribution in [0.1, 0.15) is 5.56 Å². The number of aliphatic hydroxyl groups excluding tert-OH is 1. The van der Waals surface area contributed by atoms with Crippen LogP contribution in [0.5, 0.6) is 0 Å². The van der Waals surface area contributed by atoms with Gasteiger partial charge in [0.05, 0.1) is 4.20 Å². The van der Waals surface area contributed by atoms with E-state index >= 15 is 0 Å². The zero-order valence-corrected chi connectivity index (χ0v) is 10.5. The lowest BCUT2D eigenvalue weighted by Gasteiger charge is -2.06. The van der Waals surface area contributed by atoms with Crippen molar-refractivity contribution in [2.45, 2.75) is 11.9 Å². The highest BCUT2D eigenvalue weighted by Gasteiger charge is 2.16. The number of hydrogen-bond donors (Lipinski definition) is 2. The molecule has 86 valence electrons. The molecule has 1 atom stereocenters. The van der Waals surface area contributed by atoms with E-state index in [0.717, 1.165) is 17.3 Å². The van der Waals surface area contributed by atoms with Gasteiger partial charge in [-0.15, -0.1) is 0 Å². The number of rotatable bonds is 4. The molecule has 0 bridgehead atoms. The van der Waals surface area contributed by atoms with Crippen LogP contribution in [-0.4, -0.2) is 25.8 Å². The van der Waals surface area contributed by atoms with Crippen molar-refractivity contribution in [3.8, 4) is 0 Å². The highest BCUT2D eigenvalue weighted by molar-refractivity contribution is 8.23. The van der Waals surface area contributed by atoms with Crippen LogP contribution in [0.4, 0.5) is 0 Å². The minimum atomic E-state index is -1.50. The standard InChI is InChI=1S/C10H9ClO3S2/c11-7-3-1-6(2-4-7)5-8(15)16-10(14)9(12)13/h1-4,10,14H,5H2,(H,12,13). The predicted octanol–water partition coefficient (Wildman–Crippen LogP) is 2.35. The van der Waals surface area contributed by atoms with Crippen LogP contribution in [0.15, 0.2) is 24.3 Å². The number of aliphatic hydroxyl groups is 1. The average molecular weight is 277 g/mol. The molecule has 0 radical (unpaired) electrons. The molecule has 1 rings (SSSR count). The minimum absolute atomic E-state index is 0.428. The van der Waals surface area contributed by atoms with E-state index in [4.69, 9.17) is 34.0 Å². The summed E-state index contributed by atoms with van der Waals surface area (Å²) < 4.78 is 0.428. The molecule has 2 N–H and O–H groups in total. The van der Waals surface area contributed by atoms with E-state index in [1.807, 2.05) is 12.1 Å². The third-order valence-electron chi connectivity index (χ3n) is 1.72. The van der Waals surface area contributed by atoms with Gasteiger partial charge in [0, 0.05) is 11.4 Å². The number of carboxylic acid groups (broad SMARTS) is 1. The smallest absolute Gasteiger partial charge is 0.343 e. The van der Waals surface area contributed by atoms with Crippen LogP contribution in [0.2, 0.25) is 5.02 Å². The second-order valence-electron chi connectivity index (χ2n) is 2.98. The number of carboxylic acids is 1. The normalized spacial score (nSPS) is 12.1. The van der Waals surface area contributed by atoms with Crippen LogP contribution >= 0.6 is 35.6 Å². The number of hydrogen-bond acceptors (Lipinski definition) is 4. The van der Waals surface area contributed by atoms with Gasteiger partial charge in [0.25, 0.3) is 0 Å². The molecule has 6 heteroatoms. The Labute approximate surface area is 107 Å². The molecule has 0 amide bonds. The predicted molar refractivity (Wildman–Crippen MR) is 69.0 cm³/mol. The number of halogens is 1. The van der Waals surface area contributed by atoms with Crippen molar-refractivity contribution in [2.75, 3.05) is 0 Å². The Morgan fingerprint density at radius 1 is 1.44 bits per heavy atom. The van der Waals surface area contributed by atoms with Gasteiger partial charge in [0.15, 0.2) is 0 Å². The summed E-state index contributed by atoms with van der Waals surface area (Å²) in [6.07, 6.45) is 0.432. The molecule has 1 aromatic rings. The number of thiocarbonyl (C=S) groups is 1. The summed E-state index contributed by atoms with van der Waals surface area (Å²) in [5.41, 5.74) is -0.570. The van der Waals surface area contributed by atoms with E-state index in [-0.39, 0.29) is 0 Å². The van der Waals surface area contributed by atoms with Gasteiger partial charge in [-0.2, -0.15) is 0 Å². The second-order valence-corrected chi connectivity index (χ2v) is 5.35. The molecule has 0 aliphatic carbocycles. The van der Waals surface area contributed by atoms with E-state index in [9.17, 15) is 4.79 Å². The summed E-state index contributed by atoms with van der Waals surface area (Å²) in [6.45, 7) is 0. The quantitative estimate of drug-likeness (QED) is 0.653. The molecule has 3 nitrogen and oxygen atoms in total. The molecule has 0 fully saturated rings. The van der Waals surface area contributed by atoms with Crippen molar-refractivity contribution in [3.05, 3.63) is 34.9 Å². The van der Waals surface area contributed by atoms with Crippen molar-refractivity contribution in [3.63, 3.8) is 0 Å². The van der Waals surface area contributed by atoms with Crippen molar-refractivity contribution in [1.82, 2.24) is 0 Å². The minimum Gasteiger partial charge on any atom is -0.479 e. The van der Waals surface area contributed by atoms with Gasteiger partial charge in [-0.3, -0.25) is 0 Å². The molecule has 0 aliphatic rings. The fourth-order valence-electron chi connectivity index (χ4n) is 0.986. The fraction of sp³-hybridized carbons (Fsp3) is 0.200. The van der Waals surface area contributed by atoms with Gasteiger partial charge >= 0.3 is 5.97 Å². The molecule has 0 saturated heterocycles. The lowest BCUT2D eigenvalue weighted by Crippen LogP contribution is -2.17. The first kappa shape index (κ1) is 13.4. The summed E-state index contributed by atoms with van der Waals surface area (Å²) in [4.78, 5) is 10.4. The first-order valence-corrected chi connectivity index (χ1v) is 6.00. The van der Waals surface area contributed by atoms with Crippen LogP contribution in [0.25, 0.3) is 0 Å². The number of carbonyl (C=O) groups is 1. The van der Waals surface area contributed by atoms with E-state index in [0.29, 0.717) is 15.6 Å². The molecule has 0 aliphatic heterocycles. The third kappa shape index (κ3) is 4.49. The Balaban J connectivity index is 2.52. The molecular weight excluding hydrogens is 268 g/mol. The van der Waals surface area contributed by atoms with E-state index in [1.165, 1.54) is 0 Å². The molecule has 1 unspecified atom stereocenters. The van der Waals surface area contributed by atoms with Crippen molar-refractivity contribution in [2.24, 2.45) is 0 Å². The van der Waals surface area contributed by atoms with Crippen molar-refractivity contribution >= 4 is 45.7 Å². The highest BCUT2D eigenvalue weighted by atomic mass is 35.5. The Kier molecular flexibility index (Phi) is 5.21. The zero-order chi connectivity index (χ0) is 12.1. The van der Waals surface area contributed by atoms with Crippen LogP contribution < -0.4 is 0 Å². The van der Waals surface area contributed by atoms with E-state index < -0.39 is 11.4 Å². The molecule has 0 aromatic heterocycles. The average Bonchev–Trinajstić information content (AvgIpc) is 2.21. The largest absolute Gasteiger partial charge is 0.479 e. The Hall–Kier alpha value is -0.620. The van der Waals surface area contributed by atoms with Gasteiger partial charge in [0.1, 0.15) is 0 Å². The molecule has 1 aromatic carbocycles. The lowest BCUT2D eigenvalue weighted by atomic mass is 10.2. The first-order valence-electron chi connectivity index (χ1n) is 4.34. The number of aliphatic carboxylic acids is 1. The summed E-state index contributed by atoms with van der Waals surface area (Å²) >= 11 is 11.5. The van der Waals surface area contributed by atoms with Gasteiger partial charge in [0.2, 0.25) is 5.44 Å².